The Bertz CT molecular complexity index is 753. The summed E-state index contributed by atoms with van der Waals surface area (Å²) >= 11 is 0. The summed E-state index contributed by atoms with van der Waals surface area (Å²) in [4.78, 5) is 29.3. The molecule has 1 aliphatic rings. The molecule has 0 saturated carbocycles. The molecule has 0 N–H and O–H groups in total. The third-order valence-corrected chi connectivity index (χ3v) is 5.58. The van der Waals surface area contributed by atoms with Gasteiger partial charge >= 0.3 is 0 Å². The van der Waals surface area contributed by atoms with Gasteiger partial charge in [0, 0.05) is 38.5 Å². The van der Waals surface area contributed by atoms with Gasteiger partial charge in [-0.05, 0) is 37.3 Å². The lowest BCUT2D eigenvalue weighted by molar-refractivity contribution is -0.141. The van der Waals surface area contributed by atoms with Crippen LogP contribution in [-0.4, -0.2) is 41.2 Å². The molecule has 1 heterocycles. The maximum absolute atomic E-state index is 12.9. The van der Waals surface area contributed by atoms with Crippen molar-refractivity contribution in [2.24, 2.45) is 5.92 Å². The van der Waals surface area contributed by atoms with Crippen LogP contribution in [0.5, 0.6) is 0 Å². The fourth-order valence-corrected chi connectivity index (χ4v) is 3.84. The quantitative estimate of drug-likeness (QED) is 0.733. The van der Waals surface area contributed by atoms with Gasteiger partial charge in [-0.2, -0.15) is 0 Å². The molecule has 4 heteroatoms. The van der Waals surface area contributed by atoms with Gasteiger partial charge in [0.2, 0.25) is 11.8 Å². The van der Waals surface area contributed by atoms with Crippen molar-refractivity contribution in [3.8, 4) is 0 Å². The third-order valence-electron chi connectivity index (χ3n) is 5.58. The minimum absolute atomic E-state index is 0.0295. The van der Waals surface area contributed by atoms with E-state index < -0.39 is 0 Å². The Labute approximate surface area is 168 Å². The highest BCUT2D eigenvalue weighted by Crippen LogP contribution is 2.21. The Morgan fingerprint density at radius 3 is 2.07 bits per heavy atom. The van der Waals surface area contributed by atoms with Crippen molar-refractivity contribution in [3.63, 3.8) is 0 Å². The van der Waals surface area contributed by atoms with Crippen molar-refractivity contribution < 1.29 is 9.59 Å². The standard InChI is InChI=1S/C24H30N2O2/c1-2-25(19-21-11-7-4-8-12-21)24(28)22-15-17-26(18-16-22)23(27)14-13-20-9-5-3-6-10-20/h3-12,22H,2,13-19H2,1H3. The molecule has 3 rings (SSSR count). The molecule has 0 aromatic heterocycles. The average molecular weight is 379 g/mol. The lowest BCUT2D eigenvalue weighted by atomic mass is 9.94. The number of hydrogen-bond donors (Lipinski definition) is 0. The molecule has 0 radical (unpaired) electrons. The zero-order chi connectivity index (χ0) is 19.8. The molecule has 28 heavy (non-hydrogen) atoms. The molecule has 2 aromatic carbocycles. The number of likely N-dealkylation sites (tertiary alicyclic amines) is 1. The number of benzene rings is 2. The van der Waals surface area contributed by atoms with Crippen LogP contribution in [-0.2, 0) is 22.6 Å². The summed E-state index contributed by atoms with van der Waals surface area (Å²) < 4.78 is 0. The van der Waals surface area contributed by atoms with Crippen LogP contribution < -0.4 is 0 Å². The number of carbonyl (C=O) groups is 2. The first-order chi connectivity index (χ1) is 13.7. The molecular formula is C24H30N2O2. The van der Waals surface area contributed by atoms with E-state index in [0.717, 1.165) is 24.8 Å². The predicted molar refractivity (Wildman–Crippen MR) is 112 cm³/mol. The number of carbonyl (C=O) groups excluding carboxylic acids is 2. The lowest BCUT2D eigenvalue weighted by Crippen LogP contribution is -2.44. The van der Waals surface area contributed by atoms with Crippen molar-refractivity contribution in [1.29, 1.82) is 0 Å². The highest BCUT2D eigenvalue weighted by atomic mass is 16.2. The molecule has 0 spiro atoms. The molecular weight excluding hydrogens is 348 g/mol. The van der Waals surface area contributed by atoms with Crippen LogP contribution in [0, 0.1) is 5.92 Å². The van der Waals surface area contributed by atoms with Gasteiger partial charge in [-0.1, -0.05) is 60.7 Å². The summed E-state index contributed by atoms with van der Waals surface area (Å²) in [5, 5.41) is 0. The first-order valence-corrected chi connectivity index (χ1v) is 10.3. The molecule has 0 unspecified atom stereocenters. The highest BCUT2D eigenvalue weighted by molar-refractivity contribution is 5.80. The normalized spacial score (nSPS) is 14.7. The maximum Gasteiger partial charge on any atom is 0.226 e. The summed E-state index contributed by atoms with van der Waals surface area (Å²) in [5.74, 6) is 0.455. The Morgan fingerprint density at radius 1 is 0.929 bits per heavy atom. The van der Waals surface area contributed by atoms with E-state index in [4.69, 9.17) is 0 Å². The maximum atomic E-state index is 12.9. The summed E-state index contributed by atoms with van der Waals surface area (Å²) in [6.45, 7) is 4.78. The minimum atomic E-state index is 0.0295. The van der Waals surface area contributed by atoms with Gasteiger partial charge in [-0.25, -0.2) is 0 Å². The smallest absolute Gasteiger partial charge is 0.226 e. The molecule has 2 aromatic rings. The van der Waals surface area contributed by atoms with E-state index in [1.807, 2.05) is 53.1 Å². The molecule has 0 bridgehead atoms. The number of piperidine rings is 1. The zero-order valence-corrected chi connectivity index (χ0v) is 16.7. The van der Waals surface area contributed by atoms with Crippen LogP contribution in [0.2, 0.25) is 0 Å². The van der Waals surface area contributed by atoms with Gasteiger partial charge in [0.05, 0.1) is 0 Å². The molecule has 1 fully saturated rings. The lowest BCUT2D eigenvalue weighted by Gasteiger charge is -2.34. The van der Waals surface area contributed by atoms with E-state index >= 15 is 0 Å². The first-order valence-electron chi connectivity index (χ1n) is 10.3. The number of hydrogen-bond acceptors (Lipinski definition) is 2. The second-order valence-corrected chi connectivity index (χ2v) is 7.48. The molecule has 1 saturated heterocycles. The second-order valence-electron chi connectivity index (χ2n) is 7.48. The van der Waals surface area contributed by atoms with E-state index in [0.29, 0.717) is 32.6 Å². The van der Waals surface area contributed by atoms with Crippen LogP contribution >= 0.6 is 0 Å². The van der Waals surface area contributed by atoms with Crippen LogP contribution in [0.4, 0.5) is 0 Å². The minimum Gasteiger partial charge on any atom is -0.343 e. The van der Waals surface area contributed by atoms with Crippen LogP contribution in [0.3, 0.4) is 0 Å². The van der Waals surface area contributed by atoms with Gasteiger partial charge < -0.3 is 9.80 Å². The SMILES string of the molecule is CCN(Cc1ccccc1)C(=O)C1CCN(C(=O)CCc2ccccc2)CC1. The van der Waals surface area contributed by atoms with E-state index in [1.54, 1.807) is 0 Å². The van der Waals surface area contributed by atoms with Gasteiger partial charge in [-0.3, -0.25) is 9.59 Å². The number of rotatable bonds is 7. The molecule has 0 atom stereocenters. The molecule has 0 aliphatic carbocycles. The number of nitrogens with zero attached hydrogens (tertiary/aromatic N) is 2. The Morgan fingerprint density at radius 2 is 1.50 bits per heavy atom. The summed E-state index contributed by atoms with van der Waals surface area (Å²) in [7, 11) is 0. The summed E-state index contributed by atoms with van der Waals surface area (Å²) in [5.41, 5.74) is 2.35. The van der Waals surface area contributed by atoms with Crippen LogP contribution in [0.25, 0.3) is 0 Å². The highest BCUT2D eigenvalue weighted by Gasteiger charge is 2.29. The van der Waals surface area contributed by atoms with Crippen molar-refractivity contribution in [2.75, 3.05) is 19.6 Å². The average Bonchev–Trinajstić information content (AvgIpc) is 2.77. The van der Waals surface area contributed by atoms with Crippen LogP contribution in [0.15, 0.2) is 60.7 Å². The Kier molecular flexibility index (Phi) is 7.24. The summed E-state index contributed by atoms with van der Waals surface area (Å²) in [6, 6.07) is 20.2. The molecule has 4 nitrogen and oxygen atoms in total. The van der Waals surface area contributed by atoms with Crippen molar-refractivity contribution >= 4 is 11.8 Å². The molecule has 148 valence electrons. The van der Waals surface area contributed by atoms with Crippen molar-refractivity contribution in [2.45, 2.75) is 39.2 Å². The van der Waals surface area contributed by atoms with Gasteiger partial charge in [0.1, 0.15) is 0 Å². The number of amides is 2. The van der Waals surface area contributed by atoms with Crippen LogP contribution in [0.1, 0.15) is 37.3 Å². The third kappa shape index (κ3) is 5.44. The van der Waals surface area contributed by atoms with Gasteiger partial charge in [-0.15, -0.1) is 0 Å². The van der Waals surface area contributed by atoms with E-state index in [2.05, 4.69) is 24.3 Å². The van der Waals surface area contributed by atoms with Crippen molar-refractivity contribution in [1.82, 2.24) is 9.80 Å². The van der Waals surface area contributed by atoms with Gasteiger partial charge in [0.15, 0.2) is 0 Å². The topological polar surface area (TPSA) is 40.6 Å². The fraction of sp³-hybridized carbons (Fsp3) is 0.417. The van der Waals surface area contributed by atoms with E-state index in [9.17, 15) is 9.59 Å². The Hall–Kier alpha value is -2.62. The second kappa shape index (κ2) is 10.1. The number of aryl methyl sites for hydroxylation is 1. The fourth-order valence-electron chi connectivity index (χ4n) is 3.84. The molecule has 1 aliphatic heterocycles. The molecule has 2 amide bonds. The largest absolute Gasteiger partial charge is 0.343 e. The predicted octanol–water partition coefficient (Wildman–Crippen LogP) is 3.91. The zero-order valence-electron chi connectivity index (χ0n) is 16.7. The van der Waals surface area contributed by atoms with Crippen molar-refractivity contribution in [3.05, 3.63) is 71.8 Å². The summed E-state index contributed by atoms with van der Waals surface area (Å²) in [6.07, 6.45) is 2.85. The monoisotopic (exact) mass is 378 g/mol. The van der Waals surface area contributed by atoms with E-state index in [1.165, 1.54) is 5.56 Å². The first kappa shape index (κ1) is 20.1. The van der Waals surface area contributed by atoms with E-state index in [-0.39, 0.29) is 17.7 Å². The Balaban J connectivity index is 1.47. The van der Waals surface area contributed by atoms with Gasteiger partial charge in [0.25, 0.3) is 0 Å².